The molecular formula is C14H15N3O2. The third-order valence-corrected chi connectivity index (χ3v) is 2.62. The molecule has 0 bridgehead atoms. The van der Waals surface area contributed by atoms with Gasteiger partial charge in [-0.05, 0) is 5.56 Å². The van der Waals surface area contributed by atoms with Crippen molar-refractivity contribution in [2.24, 2.45) is 0 Å². The van der Waals surface area contributed by atoms with E-state index in [2.05, 4.69) is 15.3 Å². The van der Waals surface area contributed by atoms with E-state index in [4.69, 9.17) is 5.11 Å². The van der Waals surface area contributed by atoms with Gasteiger partial charge in [-0.1, -0.05) is 37.3 Å². The minimum Gasteiger partial charge on any atom is -0.477 e. The summed E-state index contributed by atoms with van der Waals surface area (Å²) in [5, 5.41) is 12.1. The van der Waals surface area contributed by atoms with E-state index in [1.54, 1.807) is 0 Å². The fraction of sp³-hybridized carbons (Fsp3) is 0.214. The Kier molecular flexibility index (Phi) is 4.07. The summed E-state index contributed by atoms with van der Waals surface area (Å²) in [5.41, 5.74) is 1.12. The number of carboxylic acid groups (broad SMARTS) is 1. The van der Waals surface area contributed by atoms with Gasteiger partial charge in [0.1, 0.15) is 11.6 Å². The van der Waals surface area contributed by atoms with Crippen molar-refractivity contribution in [3.63, 3.8) is 0 Å². The van der Waals surface area contributed by atoms with Gasteiger partial charge in [0.15, 0.2) is 5.69 Å². The number of hydrogen-bond acceptors (Lipinski definition) is 4. The topological polar surface area (TPSA) is 75.1 Å². The molecular weight excluding hydrogens is 242 g/mol. The second kappa shape index (κ2) is 5.95. The zero-order chi connectivity index (χ0) is 13.7. The number of anilines is 1. The van der Waals surface area contributed by atoms with E-state index in [-0.39, 0.29) is 5.69 Å². The van der Waals surface area contributed by atoms with Crippen LogP contribution in [0, 0.1) is 0 Å². The molecule has 0 radical (unpaired) electrons. The van der Waals surface area contributed by atoms with Crippen LogP contribution in [0.4, 0.5) is 5.82 Å². The molecule has 1 heterocycles. The van der Waals surface area contributed by atoms with Crippen molar-refractivity contribution in [3.8, 4) is 0 Å². The number of aromatic carboxylic acids is 1. The van der Waals surface area contributed by atoms with Crippen LogP contribution < -0.4 is 5.32 Å². The molecule has 0 saturated heterocycles. The van der Waals surface area contributed by atoms with Crippen LogP contribution >= 0.6 is 0 Å². The maximum absolute atomic E-state index is 11.0. The van der Waals surface area contributed by atoms with Gasteiger partial charge in [0.25, 0.3) is 0 Å². The first kappa shape index (κ1) is 13.0. The average molecular weight is 257 g/mol. The number of carbonyl (C=O) groups is 1. The van der Waals surface area contributed by atoms with Gasteiger partial charge in [-0.15, -0.1) is 0 Å². The summed E-state index contributed by atoms with van der Waals surface area (Å²) in [6, 6.07) is 11.3. The van der Waals surface area contributed by atoms with E-state index in [1.807, 2.05) is 37.3 Å². The molecule has 2 rings (SSSR count). The first-order chi connectivity index (χ1) is 9.19. The van der Waals surface area contributed by atoms with Crippen molar-refractivity contribution in [2.45, 2.75) is 19.9 Å². The number of nitrogens with one attached hydrogen (secondary N) is 1. The monoisotopic (exact) mass is 257 g/mol. The number of aromatic nitrogens is 2. The number of benzene rings is 1. The second-order valence-corrected chi connectivity index (χ2v) is 4.05. The summed E-state index contributed by atoms with van der Waals surface area (Å²) in [4.78, 5) is 19.2. The van der Waals surface area contributed by atoms with E-state index < -0.39 is 5.97 Å². The maximum atomic E-state index is 11.0. The van der Waals surface area contributed by atoms with Gasteiger partial charge in [0.05, 0.1) is 0 Å². The van der Waals surface area contributed by atoms with Crippen LogP contribution in [0.1, 0.15) is 28.8 Å². The Labute approximate surface area is 111 Å². The van der Waals surface area contributed by atoms with E-state index in [1.165, 1.54) is 6.07 Å². The third-order valence-electron chi connectivity index (χ3n) is 2.62. The fourth-order valence-electron chi connectivity index (χ4n) is 1.64. The molecule has 2 N–H and O–H groups in total. The zero-order valence-electron chi connectivity index (χ0n) is 10.6. The lowest BCUT2D eigenvalue weighted by atomic mass is 10.2. The predicted octanol–water partition coefficient (Wildman–Crippen LogP) is 2.35. The Balaban J connectivity index is 2.15. The van der Waals surface area contributed by atoms with Crippen LogP contribution in [0.25, 0.3) is 0 Å². The van der Waals surface area contributed by atoms with Gasteiger partial charge in [0, 0.05) is 19.0 Å². The highest BCUT2D eigenvalue weighted by atomic mass is 16.4. The lowest BCUT2D eigenvalue weighted by Gasteiger charge is -2.08. The summed E-state index contributed by atoms with van der Waals surface area (Å²) in [7, 11) is 0. The third kappa shape index (κ3) is 3.51. The van der Waals surface area contributed by atoms with Crippen molar-refractivity contribution in [2.75, 3.05) is 5.32 Å². The quantitative estimate of drug-likeness (QED) is 0.860. The van der Waals surface area contributed by atoms with Crippen LogP contribution in [-0.4, -0.2) is 21.0 Å². The second-order valence-electron chi connectivity index (χ2n) is 4.05. The first-order valence-electron chi connectivity index (χ1n) is 6.08. The summed E-state index contributed by atoms with van der Waals surface area (Å²) in [6.45, 7) is 2.49. The van der Waals surface area contributed by atoms with Gasteiger partial charge in [-0.25, -0.2) is 14.8 Å². The molecule has 5 nitrogen and oxygen atoms in total. The van der Waals surface area contributed by atoms with Gasteiger partial charge in [0.2, 0.25) is 0 Å². The molecule has 0 fully saturated rings. The minimum atomic E-state index is -1.04. The number of carboxylic acids is 1. The Hall–Kier alpha value is -2.43. The van der Waals surface area contributed by atoms with E-state index in [0.29, 0.717) is 24.6 Å². The van der Waals surface area contributed by atoms with Crippen LogP contribution in [-0.2, 0) is 13.0 Å². The smallest absolute Gasteiger partial charge is 0.354 e. The summed E-state index contributed by atoms with van der Waals surface area (Å²) in [6.07, 6.45) is 0.598. The SMILES string of the molecule is CCc1nc(NCc2ccccc2)cc(C(=O)O)n1. The zero-order valence-corrected chi connectivity index (χ0v) is 10.6. The molecule has 2 aromatic rings. The van der Waals surface area contributed by atoms with Crippen molar-refractivity contribution in [1.82, 2.24) is 9.97 Å². The molecule has 0 aliphatic heterocycles. The van der Waals surface area contributed by atoms with Crippen LogP contribution in [0.15, 0.2) is 36.4 Å². The Morgan fingerprint density at radius 2 is 2.00 bits per heavy atom. The van der Waals surface area contributed by atoms with Crippen molar-refractivity contribution in [1.29, 1.82) is 0 Å². The van der Waals surface area contributed by atoms with Gasteiger partial charge < -0.3 is 10.4 Å². The lowest BCUT2D eigenvalue weighted by molar-refractivity contribution is 0.0690. The summed E-state index contributed by atoms with van der Waals surface area (Å²) < 4.78 is 0. The van der Waals surface area contributed by atoms with Crippen LogP contribution in [0.2, 0.25) is 0 Å². The average Bonchev–Trinajstić information content (AvgIpc) is 2.45. The minimum absolute atomic E-state index is 0.0161. The molecule has 0 unspecified atom stereocenters. The molecule has 5 heteroatoms. The predicted molar refractivity (Wildman–Crippen MR) is 72.1 cm³/mol. The first-order valence-corrected chi connectivity index (χ1v) is 6.08. The van der Waals surface area contributed by atoms with Crippen LogP contribution in [0.5, 0.6) is 0 Å². The highest BCUT2D eigenvalue weighted by Crippen LogP contribution is 2.09. The normalized spacial score (nSPS) is 10.2. The number of rotatable bonds is 5. The van der Waals surface area contributed by atoms with E-state index in [9.17, 15) is 4.79 Å². The Morgan fingerprint density at radius 1 is 1.26 bits per heavy atom. The van der Waals surface area contributed by atoms with Crippen molar-refractivity contribution < 1.29 is 9.90 Å². The van der Waals surface area contributed by atoms with Gasteiger partial charge in [-0.3, -0.25) is 0 Å². The highest BCUT2D eigenvalue weighted by molar-refractivity contribution is 5.86. The molecule has 1 aromatic heterocycles. The highest BCUT2D eigenvalue weighted by Gasteiger charge is 2.09. The Bertz CT molecular complexity index is 570. The lowest BCUT2D eigenvalue weighted by Crippen LogP contribution is -2.09. The molecule has 0 saturated carbocycles. The fourth-order valence-corrected chi connectivity index (χ4v) is 1.64. The molecule has 0 aliphatic rings. The Morgan fingerprint density at radius 3 is 2.63 bits per heavy atom. The number of hydrogen-bond donors (Lipinski definition) is 2. The van der Waals surface area contributed by atoms with Gasteiger partial charge in [-0.2, -0.15) is 0 Å². The summed E-state index contributed by atoms with van der Waals surface area (Å²) in [5.74, 6) is 0.0171. The standard InChI is InChI=1S/C14H15N3O2/c1-2-12-16-11(14(18)19)8-13(17-12)15-9-10-6-4-3-5-7-10/h3-8H,2,9H2,1H3,(H,18,19)(H,15,16,17). The van der Waals surface area contributed by atoms with E-state index >= 15 is 0 Å². The summed E-state index contributed by atoms with van der Waals surface area (Å²) >= 11 is 0. The van der Waals surface area contributed by atoms with Crippen molar-refractivity contribution in [3.05, 3.63) is 53.5 Å². The number of nitrogens with zero attached hydrogens (tertiary/aromatic N) is 2. The largest absolute Gasteiger partial charge is 0.477 e. The van der Waals surface area contributed by atoms with Crippen LogP contribution in [0.3, 0.4) is 0 Å². The molecule has 0 amide bonds. The molecule has 98 valence electrons. The molecule has 0 atom stereocenters. The molecule has 19 heavy (non-hydrogen) atoms. The van der Waals surface area contributed by atoms with Gasteiger partial charge >= 0.3 is 5.97 Å². The molecule has 0 aliphatic carbocycles. The molecule has 1 aromatic carbocycles. The maximum Gasteiger partial charge on any atom is 0.354 e. The van der Waals surface area contributed by atoms with Crippen molar-refractivity contribution >= 4 is 11.8 Å². The number of aryl methyl sites for hydroxylation is 1. The van der Waals surface area contributed by atoms with E-state index in [0.717, 1.165) is 5.56 Å². The molecule has 0 spiro atoms.